The molecule has 5 nitrogen and oxygen atoms in total. The van der Waals surface area contributed by atoms with E-state index < -0.39 is 6.03 Å². The van der Waals surface area contributed by atoms with E-state index in [9.17, 15) is 9.59 Å². The summed E-state index contributed by atoms with van der Waals surface area (Å²) in [7, 11) is 1.97. The van der Waals surface area contributed by atoms with Crippen LogP contribution in [0.15, 0.2) is 0 Å². The molecule has 0 aliphatic heterocycles. The second kappa shape index (κ2) is 7.36. The summed E-state index contributed by atoms with van der Waals surface area (Å²) in [5, 5.41) is 4.93. The number of likely N-dealkylation sites (N-methyl/N-ethyl adjacent to an activating group) is 1. The zero-order valence-electron chi connectivity index (χ0n) is 11.7. The van der Waals surface area contributed by atoms with E-state index in [1.54, 1.807) is 0 Å². The number of urea groups is 1. The Balaban J connectivity index is 2.43. The molecular weight excluding hydrogens is 230 g/mol. The molecule has 0 heterocycles. The third-order valence-corrected chi connectivity index (χ3v) is 3.72. The molecule has 1 rings (SSSR count). The fourth-order valence-electron chi connectivity index (χ4n) is 2.41. The van der Waals surface area contributed by atoms with Gasteiger partial charge in [-0.3, -0.25) is 15.0 Å². The van der Waals surface area contributed by atoms with E-state index in [-0.39, 0.29) is 11.9 Å². The van der Waals surface area contributed by atoms with Crippen LogP contribution in [0.25, 0.3) is 0 Å². The number of nitrogens with zero attached hydrogens (tertiary/aromatic N) is 1. The molecule has 0 saturated heterocycles. The summed E-state index contributed by atoms with van der Waals surface area (Å²) in [6.45, 7) is 4.19. The van der Waals surface area contributed by atoms with Crippen molar-refractivity contribution in [3.05, 3.63) is 0 Å². The average molecular weight is 255 g/mol. The summed E-state index contributed by atoms with van der Waals surface area (Å²) in [5.74, 6) is -0.228. The van der Waals surface area contributed by atoms with Gasteiger partial charge in [-0.25, -0.2) is 4.79 Å². The smallest absolute Gasteiger partial charge is 0.321 e. The van der Waals surface area contributed by atoms with Crippen molar-refractivity contribution < 1.29 is 9.59 Å². The Kier molecular flexibility index (Phi) is 6.12. The largest absolute Gasteiger partial charge is 0.338 e. The molecule has 0 aromatic heterocycles. The molecule has 3 amide bonds. The Bertz CT molecular complexity index is 288. The molecule has 18 heavy (non-hydrogen) atoms. The van der Waals surface area contributed by atoms with Crippen molar-refractivity contribution in [2.75, 3.05) is 13.6 Å². The van der Waals surface area contributed by atoms with Gasteiger partial charge in [0.15, 0.2) is 0 Å². The highest BCUT2D eigenvalue weighted by Crippen LogP contribution is 2.22. The van der Waals surface area contributed by atoms with Crippen LogP contribution in [0.4, 0.5) is 4.79 Å². The number of hydrogen-bond donors (Lipinski definition) is 2. The van der Waals surface area contributed by atoms with Crippen LogP contribution < -0.4 is 10.6 Å². The highest BCUT2D eigenvalue weighted by atomic mass is 16.2. The number of hydrogen-bond acceptors (Lipinski definition) is 3. The third-order valence-electron chi connectivity index (χ3n) is 3.72. The minimum absolute atomic E-state index is 0.228. The lowest BCUT2D eigenvalue weighted by molar-refractivity contribution is -0.125. The third kappa shape index (κ3) is 4.29. The molecule has 5 heteroatoms. The van der Waals surface area contributed by atoms with Crippen LogP contribution in [0.2, 0.25) is 0 Å². The van der Waals surface area contributed by atoms with Crippen molar-refractivity contribution in [3.8, 4) is 0 Å². The first kappa shape index (κ1) is 15.0. The molecular formula is C13H25N3O2. The molecule has 0 radical (unpaired) electrons. The predicted molar refractivity (Wildman–Crippen MR) is 71.3 cm³/mol. The van der Waals surface area contributed by atoms with Gasteiger partial charge in [0.05, 0.1) is 6.04 Å². The Hall–Kier alpha value is -1.10. The van der Waals surface area contributed by atoms with Gasteiger partial charge in [0.1, 0.15) is 0 Å². The van der Waals surface area contributed by atoms with Gasteiger partial charge in [-0.2, -0.15) is 0 Å². The summed E-state index contributed by atoms with van der Waals surface area (Å²) in [6.07, 6.45) is 6.06. The first-order chi connectivity index (χ1) is 8.56. The zero-order chi connectivity index (χ0) is 13.5. The normalized spacial score (nSPS) is 18.4. The van der Waals surface area contributed by atoms with Crippen molar-refractivity contribution in [1.29, 1.82) is 0 Å². The molecule has 2 N–H and O–H groups in total. The van der Waals surface area contributed by atoms with Crippen LogP contribution in [-0.4, -0.2) is 42.5 Å². The minimum atomic E-state index is -0.411. The number of carbonyl (C=O) groups excluding carboxylic acids is 2. The summed E-state index contributed by atoms with van der Waals surface area (Å²) in [5.41, 5.74) is 0. The average Bonchev–Trinajstić information content (AvgIpc) is 2.38. The maximum absolute atomic E-state index is 11.9. The van der Waals surface area contributed by atoms with E-state index in [1.165, 1.54) is 19.3 Å². The van der Waals surface area contributed by atoms with Gasteiger partial charge in [-0.1, -0.05) is 19.3 Å². The lowest BCUT2D eigenvalue weighted by Gasteiger charge is -2.34. The van der Waals surface area contributed by atoms with Gasteiger partial charge < -0.3 is 5.32 Å². The molecule has 104 valence electrons. The first-order valence-corrected chi connectivity index (χ1v) is 6.87. The quantitative estimate of drug-likeness (QED) is 0.800. The second-order valence-electron chi connectivity index (χ2n) is 4.98. The Labute approximate surface area is 109 Å². The molecule has 0 aromatic carbocycles. The van der Waals surface area contributed by atoms with Gasteiger partial charge in [0.25, 0.3) is 0 Å². The van der Waals surface area contributed by atoms with Crippen molar-refractivity contribution in [1.82, 2.24) is 15.5 Å². The van der Waals surface area contributed by atoms with Gasteiger partial charge in [-0.05, 0) is 33.7 Å². The first-order valence-electron chi connectivity index (χ1n) is 6.87. The van der Waals surface area contributed by atoms with Gasteiger partial charge in [0.2, 0.25) is 5.91 Å². The van der Waals surface area contributed by atoms with Crippen LogP contribution in [0.3, 0.4) is 0 Å². The number of rotatable bonds is 4. The molecule has 0 aromatic rings. The molecule has 0 spiro atoms. The van der Waals surface area contributed by atoms with Crippen LogP contribution in [0.1, 0.15) is 46.0 Å². The van der Waals surface area contributed by atoms with Crippen molar-refractivity contribution in [2.24, 2.45) is 0 Å². The lowest BCUT2D eigenvalue weighted by atomic mass is 9.93. The summed E-state index contributed by atoms with van der Waals surface area (Å²) in [6, 6.07) is -0.212. The highest BCUT2D eigenvalue weighted by Gasteiger charge is 2.26. The molecule has 1 aliphatic carbocycles. The van der Waals surface area contributed by atoms with Crippen molar-refractivity contribution in [2.45, 2.75) is 58.0 Å². The Morgan fingerprint density at radius 3 is 2.44 bits per heavy atom. The van der Waals surface area contributed by atoms with Crippen molar-refractivity contribution in [3.63, 3.8) is 0 Å². The zero-order valence-corrected chi connectivity index (χ0v) is 11.7. The monoisotopic (exact) mass is 255 g/mol. The minimum Gasteiger partial charge on any atom is -0.338 e. The van der Waals surface area contributed by atoms with Crippen LogP contribution in [0.5, 0.6) is 0 Å². The number of imide groups is 1. The molecule has 0 bridgehead atoms. The molecule has 1 aliphatic rings. The lowest BCUT2D eigenvalue weighted by Crippen LogP contribution is -2.51. The standard InChI is InChI=1S/C13H25N3O2/c1-4-14-13(18)15-12(17)10(2)16(3)11-8-6-5-7-9-11/h10-11H,4-9H2,1-3H3,(H2,14,15,17,18). The Morgan fingerprint density at radius 1 is 1.28 bits per heavy atom. The van der Waals surface area contributed by atoms with E-state index in [0.717, 1.165) is 12.8 Å². The van der Waals surface area contributed by atoms with Gasteiger partial charge >= 0.3 is 6.03 Å². The fourth-order valence-corrected chi connectivity index (χ4v) is 2.41. The van der Waals surface area contributed by atoms with E-state index in [0.29, 0.717) is 12.6 Å². The van der Waals surface area contributed by atoms with E-state index in [4.69, 9.17) is 0 Å². The maximum atomic E-state index is 11.9. The van der Waals surface area contributed by atoms with Gasteiger partial charge in [-0.15, -0.1) is 0 Å². The van der Waals surface area contributed by atoms with Crippen molar-refractivity contribution >= 4 is 11.9 Å². The van der Waals surface area contributed by atoms with E-state index in [1.807, 2.05) is 20.9 Å². The maximum Gasteiger partial charge on any atom is 0.321 e. The van der Waals surface area contributed by atoms with Gasteiger partial charge in [0, 0.05) is 12.6 Å². The van der Waals surface area contributed by atoms with Crippen LogP contribution in [0, 0.1) is 0 Å². The summed E-state index contributed by atoms with van der Waals surface area (Å²) >= 11 is 0. The number of carbonyl (C=O) groups is 2. The SMILES string of the molecule is CCNC(=O)NC(=O)C(C)N(C)C1CCCCC1. The molecule has 1 saturated carbocycles. The topological polar surface area (TPSA) is 61.4 Å². The molecule has 1 unspecified atom stereocenters. The molecule has 1 fully saturated rings. The predicted octanol–water partition coefficient (Wildman–Crippen LogP) is 1.49. The summed E-state index contributed by atoms with van der Waals surface area (Å²) < 4.78 is 0. The van der Waals surface area contributed by atoms with E-state index >= 15 is 0 Å². The highest BCUT2D eigenvalue weighted by molar-refractivity contribution is 5.96. The summed E-state index contributed by atoms with van der Waals surface area (Å²) in [4.78, 5) is 25.3. The number of nitrogens with one attached hydrogen (secondary N) is 2. The second-order valence-corrected chi connectivity index (χ2v) is 4.98. The van der Waals surface area contributed by atoms with E-state index in [2.05, 4.69) is 15.5 Å². The fraction of sp³-hybridized carbons (Fsp3) is 0.846. The number of amides is 3. The van der Waals surface area contributed by atoms with Crippen LogP contribution >= 0.6 is 0 Å². The van der Waals surface area contributed by atoms with Crippen LogP contribution in [-0.2, 0) is 4.79 Å². The Morgan fingerprint density at radius 2 is 1.89 bits per heavy atom. The molecule has 1 atom stereocenters.